The van der Waals surface area contributed by atoms with Gasteiger partial charge >= 0.3 is 5.97 Å². The molecule has 25 heavy (non-hydrogen) atoms. The second-order valence-corrected chi connectivity index (χ2v) is 7.95. The van der Waals surface area contributed by atoms with Crippen molar-refractivity contribution in [2.24, 2.45) is 11.8 Å². The highest BCUT2D eigenvalue weighted by atomic mass is 19.1. The highest BCUT2D eigenvalue weighted by molar-refractivity contribution is 5.71. The molecular formula is C21H32FNO2. The van der Waals surface area contributed by atoms with Crippen LogP contribution in [0.4, 0.5) is 4.39 Å². The van der Waals surface area contributed by atoms with Crippen molar-refractivity contribution < 1.29 is 13.9 Å². The summed E-state index contributed by atoms with van der Waals surface area (Å²) in [4.78, 5) is 11.6. The first-order valence-electron chi connectivity index (χ1n) is 9.52. The van der Waals surface area contributed by atoms with Crippen LogP contribution in [0.3, 0.4) is 0 Å². The Labute approximate surface area is 151 Å². The second kappa shape index (κ2) is 8.79. The van der Waals surface area contributed by atoms with Gasteiger partial charge in [-0.25, -0.2) is 4.39 Å². The van der Waals surface area contributed by atoms with Gasteiger partial charge in [-0.2, -0.15) is 0 Å². The number of hydrogen-bond donors (Lipinski definition) is 1. The summed E-state index contributed by atoms with van der Waals surface area (Å²) >= 11 is 0. The molecule has 0 saturated heterocycles. The lowest BCUT2D eigenvalue weighted by Gasteiger charge is -2.49. The van der Waals surface area contributed by atoms with Crippen molar-refractivity contribution in [3.63, 3.8) is 0 Å². The Balaban J connectivity index is 2.07. The normalized spacial score (nSPS) is 17.4. The van der Waals surface area contributed by atoms with Gasteiger partial charge in [0.25, 0.3) is 0 Å². The standard InChI is InChI=1S/C21H32FNO2/c1-15(2)14-19(23-12-13-25-20(24)16(3)4)21(10-7-11-21)17-8-5-6-9-18(17)22/h5-6,8-9,15-16,19,23H,7,10-14H2,1-4H3. The predicted octanol–water partition coefficient (Wildman–Crippen LogP) is 4.45. The molecule has 2 rings (SSSR count). The molecule has 1 aliphatic rings. The van der Waals surface area contributed by atoms with Crippen molar-refractivity contribution in [1.82, 2.24) is 5.32 Å². The first-order valence-corrected chi connectivity index (χ1v) is 9.52. The molecule has 1 saturated carbocycles. The largest absolute Gasteiger partial charge is 0.464 e. The number of ether oxygens (including phenoxy) is 1. The molecule has 4 heteroatoms. The number of benzene rings is 1. The van der Waals surface area contributed by atoms with Gasteiger partial charge in [-0.05, 0) is 36.8 Å². The average Bonchev–Trinajstić information content (AvgIpc) is 2.51. The van der Waals surface area contributed by atoms with Crippen molar-refractivity contribution >= 4 is 5.97 Å². The summed E-state index contributed by atoms with van der Waals surface area (Å²) in [7, 11) is 0. The Morgan fingerprint density at radius 2 is 1.92 bits per heavy atom. The van der Waals surface area contributed by atoms with Crippen LogP contribution < -0.4 is 5.32 Å². The second-order valence-electron chi connectivity index (χ2n) is 7.95. The van der Waals surface area contributed by atoms with Crippen molar-refractivity contribution in [2.75, 3.05) is 13.2 Å². The van der Waals surface area contributed by atoms with Crippen LogP contribution in [-0.4, -0.2) is 25.2 Å². The maximum Gasteiger partial charge on any atom is 0.308 e. The molecule has 1 aromatic carbocycles. The van der Waals surface area contributed by atoms with Crippen LogP contribution >= 0.6 is 0 Å². The van der Waals surface area contributed by atoms with E-state index >= 15 is 0 Å². The SMILES string of the molecule is CC(C)CC(NCCOC(=O)C(C)C)C1(c2ccccc2F)CCC1. The fourth-order valence-corrected chi connectivity index (χ4v) is 3.76. The molecule has 140 valence electrons. The maximum atomic E-state index is 14.5. The highest BCUT2D eigenvalue weighted by Gasteiger charge is 2.46. The van der Waals surface area contributed by atoms with Gasteiger partial charge in [-0.15, -0.1) is 0 Å². The lowest BCUT2D eigenvalue weighted by Crippen LogP contribution is -2.54. The minimum atomic E-state index is -0.172. The molecule has 0 aromatic heterocycles. The molecule has 0 bridgehead atoms. The molecule has 0 heterocycles. The van der Waals surface area contributed by atoms with Crippen LogP contribution in [0, 0.1) is 17.7 Å². The van der Waals surface area contributed by atoms with E-state index in [0.717, 1.165) is 31.2 Å². The fraction of sp³-hybridized carbons (Fsp3) is 0.667. The van der Waals surface area contributed by atoms with Crippen LogP contribution in [0.1, 0.15) is 58.9 Å². The zero-order chi connectivity index (χ0) is 18.4. The summed E-state index contributed by atoms with van der Waals surface area (Å²) in [6.45, 7) is 9.02. The molecule has 1 fully saturated rings. The Hall–Kier alpha value is -1.42. The van der Waals surface area contributed by atoms with Gasteiger partial charge < -0.3 is 10.1 Å². The van der Waals surface area contributed by atoms with Crippen LogP contribution in [0.15, 0.2) is 24.3 Å². The Bertz CT molecular complexity index is 567. The molecule has 0 radical (unpaired) electrons. The zero-order valence-corrected chi connectivity index (χ0v) is 16.0. The third-order valence-electron chi connectivity index (χ3n) is 5.24. The van der Waals surface area contributed by atoms with E-state index in [9.17, 15) is 9.18 Å². The Morgan fingerprint density at radius 3 is 2.44 bits per heavy atom. The molecule has 1 aliphatic carbocycles. The number of hydrogen-bond acceptors (Lipinski definition) is 3. The van der Waals surface area contributed by atoms with Gasteiger partial charge in [0.1, 0.15) is 12.4 Å². The molecule has 1 aromatic rings. The summed E-state index contributed by atoms with van der Waals surface area (Å²) in [6.07, 6.45) is 4.12. The molecule has 1 N–H and O–H groups in total. The third kappa shape index (κ3) is 4.81. The molecule has 3 nitrogen and oxygen atoms in total. The van der Waals surface area contributed by atoms with Gasteiger partial charge in [-0.3, -0.25) is 4.79 Å². The first kappa shape index (κ1) is 19.9. The number of nitrogens with one attached hydrogen (secondary N) is 1. The summed E-state index contributed by atoms with van der Waals surface area (Å²) in [5.74, 6) is 0.126. The van der Waals surface area contributed by atoms with E-state index in [0.29, 0.717) is 19.1 Å². The number of rotatable bonds is 9. The Morgan fingerprint density at radius 1 is 1.24 bits per heavy atom. The molecule has 0 spiro atoms. The van der Waals surface area contributed by atoms with E-state index in [1.165, 1.54) is 0 Å². The van der Waals surface area contributed by atoms with Crippen molar-refractivity contribution in [3.05, 3.63) is 35.6 Å². The topological polar surface area (TPSA) is 38.3 Å². The highest BCUT2D eigenvalue weighted by Crippen LogP contribution is 2.48. The Kier molecular flexibility index (Phi) is 7.00. The van der Waals surface area contributed by atoms with Gasteiger partial charge in [0.05, 0.1) is 5.92 Å². The molecule has 1 atom stereocenters. The molecule has 1 unspecified atom stereocenters. The van der Waals surface area contributed by atoms with E-state index in [-0.39, 0.29) is 29.2 Å². The third-order valence-corrected chi connectivity index (χ3v) is 5.24. The van der Waals surface area contributed by atoms with Gasteiger partial charge in [0, 0.05) is 18.0 Å². The quantitative estimate of drug-likeness (QED) is 0.529. The predicted molar refractivity (Wildman–Crippen MR) is 99.0 cm³/mol. The van der Waals surface area contributed by atoms with Crippen LogP contribution in [0.2, 0.25) is 0 Å². The van der Waals surface area contributed by atoms with E-state index in [2.05, 4.69) is 19.2 Å². The summed E-state index contributed by atoms with van der Waals surface area (Å²) in [5, 5.41) is 3.57. The van der Waals surface area contributed by atoms with Gasteiger partial charge in [0.2, 0.25) is 0 Å². The van der Waals surface area contributed by atoms with Crippen LogP contribution in [-0.2, 0) is 14.9 Å². The fourth-order valence-electron chi connectivity index (χ4n) is 3.76. The van der Waals surface area contributed by atoms with E-state index in [4.69, 9.17) is 4.74 Å². The number of esters is 1. The maximum absolute atomic E-state index is 14.5. The van der Waals surface area contributed by atoms with Gasteiger partial charge in [0.15, 0.2) is 0 Å². The lowest BCUT2D eigenvalue weighted by molar-refractivity contribution is -0.147. The van der Waals surface area contributed by atoms with Crippen LogP contribution in [0.5, 0.6) is 0 Å². The molecule has 0 amide bonds. The molecule has 0 aliphatic heterocycles. The zero-order valence-electron chi connectivity index (χ0n) is 16.0. The van der Waals surface area contributed by atoms with Gasteiger partial charge in [-0.1, -0.05) is 52.3 Å². The minimum Gasteiger partial charge on any atom is -0.464 e. The minimum absolute atomic E-state index is 0.107. The smallest absolute Gasteiger partial charge is 0.308 e. The van der Waals surface area contributed by atoms with E-state index in [1.807, 2.05) is 26.0 Å². The van der Waals surface area contributed by atoms with Crippen molar-refractivity contribution in [3.8, 4) is 0 Å². The average molecular weight is 349 g/mol. The number of carbonyl (C=O) groups excluding carboxylic acids is 1. The van der Waals surface area contributed by atoms with E-state index in [1.54, 1.807) is 12.1 Å². The number of carbonyl (C=O) groups is 1. The van der Waals surface area contributed by atoms with Crippen molar-refractivity contribution in [2.45, 2.75) is 64.8 Å². The summed E-state index contributed by atoms with van der Waals surface area (Å²) < 4.78 is 19.8. The summed E-state index contributed by atoms with van der Waals surface area (Å²) in [6, 6.07) is 7.36. The van der Waals surface area contributed by atoms with E-state index < -0.39 is 0 Å². The first-order chi connectivity index (χ1) is 11.9. The number of halogens is 1. The summed E-state index contributed by atoms with van der Waals surface area (Å²) in [5.41, 5.74) is 0.691. The molecular weight excluding hydrogens is 317 g/mol. The lowest BCUT2D eigenvalue weighted by atomic mass is 9.58. The van der Waals surface area contributed by atoms with Crippen LogP contribution in [0.25, 0.3) is 0 Å². The van der Waals surface area contributed by atoms with Crippen molar-refractivity contribution in [1.29, 1.82) is 0 Å². The monoisotopic (exact) mass is 349 g/mol.